The van der Waals surface area contributed by atoms with Crippen LogP contribution in [-0.2, 0) is 4.79 Å². The second-order valence-corrected chi connectivity index (χ2v) is 4.63. The smallest absolute Gasteiger partial charge is 0.269 e. The van der Waals surface area contributed by atoms with Gasteiger partial charge in [-0.1, -0.05) is 29.4 Å². The average molecular weight is 271 g/mol. The molecule has 0 aromatic heterocycles. The van der Waals surface area contributed by atoms with Gasteiger partial charge in [0.2, 0.25) is 0 Å². The average Bonchev–Trinajstić information content (AvgIpc) is 2.38. The van der Waals surface area contributed by atoms with E-state index >= 15 is 0 Å². The number of benzene rings is 1. The Hall–Kier alpha value is -2.49. The third-order valence-electron chi connectivity index (χ3n) is 2.59. The first kappa shape index (κ1) is 15.6. The van der Waals surface area contributed by atoms with Gasteiger partial charge in [0.05, 0.1) is 4.92 Å². The van der Waals surface area contributed by atoms with Crippen molar-refractivity contribution in [1.29, 1.82) is 0 Å². The number of non-ortho nitro benzene ring substituents is 1. The molecular formula is C16H17NO3. The van der Waals surface area contributed by atoms with E-state index < -0.39 is 4.92 Å². The number of allylic oxidation sites excluding steroid dienone is 5. The quantitative estimate of drug-likeness (QED) is 0.266. The van der Waals surface area contributed by atoms with Gasteiger partial charge < -0.3 is 0 Å². The Morgan fingerprint density at radius 1 is 1.00 bits per heavy atom. The molecule has 0 saturated carbocycles. The molecule has 0 spiro atoms. The van der Waals surface area contributed by atoms with Crippen molar-refractivity contribution in [2.24, 2.45) is 0 Å². The summed E-state index contributed by atoms with van der Waals surface area (Å²) in [7, 11) is 0. The van der Waals surface area contributed by atoms with Crippen LogP contribution in [0.3, 0.4) is 0 Å². The summed E-state index contributed by atoms with van der Waals surface area (Å²) < 4.78 is 0. The zero-order valence-corrected chi connectivity index (χ0v) is 11.8. The third-order valence-corrected chi connectivity index (χ3v) is 2.59. The molecule has 0 heterocycles. The van der Waals surface area contributed by atoms with Crippen LogP contribution in [-0.4, -0.2) is 11.2 Å². The number of rotatable bonds is 5. The van der Waals surface area contributed by atoms with Gasteiger partial charge in [-0.25, -0.2) is 0 Å². The van der Waals surface area contributed by atoms with Crippen LogP contribution in [0.1, 0.15) is 26.3 Å². The van der Waals surface area contributed by atoms with Gasteiger partial charge in [0.15, 0.2) is 0 Å². The highest BCUT2D eigenvalue weighted by Crippen LogP contribution is 2.15. The lowest BCUT2D eigenvalue weighted by atomic mass is 10.1. The molecule has 0 unspecified atom stereocenters. The van der Waals surface area contributed by atoms with E-state index in [0.717, 1.165) is 23.0 Å². The molecular weight excluding hydrogens is 254 g/mol. The summed E-state index contributed by atoms with van der Waals surface area (Å²) in [6, 6.07) is 6.37. The number of aldehydes is 1. The first-order valence-electron chi connectivity index (χ1n) is 6.17. The van der Waals surface area contributed by atoms with E-state index in [1.54, 1.807) is 25.1 Å². The minimum absolute atomic E-state index is 0.0797. The largest absolute Gasteiger partial charge is 0.298 e. The van der Waals surface area contributed by atoms with Crippen molar-refractivity contribution >= 4 is 18.0 Å². The Kier molecular flexibility index (Phi) is 5.59. The molecule has 0 fully saturated rings. The van der Waals surface area contributed by atoms with E-state index in [-0.39, 0.29) is 5.69 Å². The summed E-state index contributed by atoms with van der Waals surface area (Å²) in [5.74, 6) is 0. The maximum atomic E-state index is 10.6. The SMILES string of the molecule is CC(C=O)=CC(C)=CC(C)=Cc1ccc([N+](=O)[O-])cc1. The lowest BCUT2D eigenvalue weighted by Crippen LogP contribution is -1.86. The van der Waals surface area contributed by atoms with Crippen molar-refractivity contribution in [2.45, 2.75) is 20.8 Å². The molecule has 0 aliphatic heterocycles. The van der Waals surface area contributed by atoms with E-state index in [1.807, 2.05) is 26.0 Å². The predicted octanol–water partition coefficient (Wildman–Crippen LogP) is 4.09. The monoisotopic (exact) mass is 271 g/mol. The normalized spacial score (nSPS) is 13.2. The molecule has 1 aromatic rings. The Balaban J connectivity index is 2.91. The van der Waals surface area contributed by atoms with E-state index in [2.05, 4.69) is 0 Å². The van der Waals surface area contributed by atoms with Crippen LogP contribution in [0, 0.1) is 10.1 Å². The van der Waals surface area contributed by atoms with Crippen LogP contribution in [0.4, 0.5) is 5.69 Å². The van der Waals surface area contributed by atoms with Crippen molar-refractivity contribution in [3.63, 3.8) is 0 Å². The summed E-state index contributed by atoms with van der Waals surface area (Å²) in [5.41, 5.74) is 3.63. The van der Waals surface area contributed by atoms with Gasteiger partial charge in [0.25, 0.3) is 5.69 Å². The molecule has 0 aliphatic carbocycles. The van der Waals surface area contributed by atoms with Gasteiger partial charge in [-0.3, -0.25) is 14.9 Å². The second kappa shape index (κ2) is 7.19. The molecule has 0 amide bonds. The minimum atomic E-state index is -0.419. The molecule has 0 N–H and O–H groups in total. The Labute approximate surface area is 118 Å². The Bertz CT molecular complexity index is 593. The molecule has 20 heavy (non-hydrogen) atoms. The highest BCUT2D eigenvalue weighted by Gasteiger charge is 2.02. The molecule has 0 saturated heterocycles. The topological polar surface area (TPSA) is 60.2 Å². The highest BCUT2D eigenvalue weighted by atomic mass is 16.6. The number of nitrogens with zero attached hydrogens (tertiary/aromatic N) is 1. The fraction of sp³-hybridized carbons (Fsp3) is 0.188. The zero-order valence-electron chi connectivity index (χ0n) is 11.8. The van der Waals surface area contributed by atoms with Crippen molar-refractivity contribution in [2.75, 3.05) is 0 Å². The number of carbonyl (C=O) groups excluding carboxylic acids is 1. The van der Waals surface area contributed by atoms with Crippen molar-refractivity contribution < 1.29 is 9.72 Å². The van der Waals surface area contributed by atoms with E-state index in [4.69, 9.17) is 0 Å². The lowest BCUT2D eigenvalue weighted by Gasteiger charge is -1.98. The lowest BCUT2D eigenvalue weighted by molar-refractivity contribution is -0.384. The summed E-state index contributed by atoms with van der Waals surface area (Å²) in [6.07, 6.45) is 6.50. The maximum absolute atomic E-state index is 10.6. The molecule has 0 atom stereocenters. The first-order valence-corrected chi connectivity index (χ1v) is 6.17. The second-order valence-electron chi connectivity index (χ2n) is 4.63. The summed E-state index contributed by atoms with van der Waals surface area (Å²) in [6.45, 7) is 5.61. The maximum Gasteiger partial charge on any atom is 0.269 e. The van der Waals surface area contributed by atoms with Gasteiger partial charge in [0.1, 0.15) is 6.29 Å². The van der Waals surface area contributed by atoms with Gasteiger partial charge >= 0.3 is 0 Å². The van der Waals surface area contributed by atoms with Crippen LogP contribution < -0.4 is 0 Å². The van der Waals surface area contributed by atoms with Crippen LogP contribution in [0.2, 0.25) is 0 Å². The fourth-order valence-corrected chi connectivity index (χ4v) is 1.79. The van der Waals surface area contributed by atoms with Crippen LogP contribution >= 0.6 is 0 Å². The molecule has 0 radical (unpaired) electrons. The van der Waals surface area contributed by atoms with Crippen molar-refractivity contribution in [3.05, 3.63) is 68.8 Å². The van der Waals surface area contributed by atoms with Crippen LogP contribution in [0.15, 0.2) is 53.1 Å². The summed E-state index contributed by atoms with van der Waals surface area (Å²) >= 11 is 0. The van der Waals surface area contributed by atoms with Crippen molar-refractivity contribution in [1.82, 2.24) is 0 Å². The summed E-state index contributed by atoms with van der Waals surface area (Å²) in [4.78, 5) is 20.7. The number of carbonyl (C=O) groups is 1. The zero-order chi connectivity index (χ0) is 15.1. The van der Waals surface area contributed by atoms with Crippen LogP contribution in [0.5, 0.6) is 0 Å². The van der Waals surface area contributed by atoms with Gasteiger partial charge in [-0.05, 0) is 44.0 Å². The molecule has 1 rings (SSSR count). The number of nitro groups is 1. The molecule has 0 bridgehead atoms. The first-order chi connectivity index (χ1) is 9.42. The fourth-order valence-electron chi connectivity index (χ4n) is 1.79. The highest BCUT2D eigenvalue weighted by molar-refractivity contribution is 5.73. The minimum Gasteiger partial charge on any atom is -0.298 e. The van der Waals surface area contributed by atoms with E-state index in [1.165, 1.54) is 12.1 Å². The molecule has 1 aromatic carbocycles. The molecule has 4 heteroatoms. The number of hydrogen-bond acceptors (Lipinski definition) is 3. The third kappa shape index (κ3) is 5.02. The van der Waals surface area contributed by atoms with Gasteiger partial charge in [-0.2, -0.15) is 0 Å². The van der Waals surface area contributed by atoms with Crippen molar-refractivity contribution in [3.8, 4) is 0 Å². The van der Waals surface area contributed by atoms with Crippen LogP contribution in [0.25, 0.3) is 6.08 Å². The van der Waals surface area contributed by atoms with E-state index in [9.17, 15) is 14.9 Å². The molecule has 0 aliphatic rings. The predicted molar refractivity (Wildman–Crippen MR) is 80.3 cm³/mol. The van der Waals surface area contributed by atoms with E-state index in [0.29, 0.717) is 5.57 Å². The number of nitro benzene ring substituents is 1. The number of hydrogen-bond donors (Lipinski definition) is 0. The van der Waals surface area contributed by atoms with Gasteiger partial charge in [-0.15, -0.1) is 0 Å². The summed E-state index contributed by atoms with van der Waals surface area (Å²) in [5, 5.41) is 10.6. The standard InChI is InChI=1S/C16H17NO3/c1-12(9-14(3)11-18)8-13(2)10-15-4-6-16(7-5-15)17(19)20/h4-11H,1-3H3. The molecule has 4 nitrogen and oxygen atoms in total. The van der Waals surface area contributed by atoms with Gasteiger partial charge in [0, 0.05) is 12.1 Å². The Morgan fingerprint density at radius 2 is 1.55 bits per heavy atom. The molecule has 104 valence electrons. The Morgan fingerprint density at radius 3 is 2.05 bits per heavy atom.